The van der Waals surface area contributed by atoms with E-state index in [1.807, 2.05) is 0 Å². The Balaban J connectivity index is 2.33. The second kappa shape index (κ2) is 6.28. The minimum atomic E-state index is -3.77. The molecule has 2 aromatic rings. The van der Waals surface area contributed by atoms with Crippen molar-refractivity contribution >= 4 is 37.6 Å². The number of carbonyl (C=O) groups is 1. The van der Waals surface area contributed by atoms with Crippen molar-refractivity contribution in [3.8, 4) is 0 Å². The highest BCUT2D eigenvalue weighted by atomic mass is 79.9. The molecular formula is C14H12BrNO4S. The van der Waals surface area contributed by atoms with E-state index in [9.17, 15) is 13.2 Å². The zero-order chi connectivity index (χ0) is 15.5. The summed E-state index contributed by atoms with van der Waals surface area (Å²) in [6.07, 6.45) is 0. The highest BCUT2D eigenvalue weighted by molar-refractivity contribution is 9.10. The molecule has 7 heteroatoms. The Morgan fingerprint density at radius 2 is 1.86 bits per heavy atom. The predicted octanol–water partition coefficient (Wildman–Crippen LogP) is 3.04. The lowest BCUT2D eigenvalue weighted by Crippen LogP contribution is -2.14. The summed E-state index contributed by atoms with van der Waals surface area (Å²) in [6, 6.07) is 12.4. The number of anilines is 1. The summed E-state index contributed by atoms with van der Waals surface area (Å²) < 4.78 is 32.4. The first-order chi connectivity index (χ1) is 9.92. The van der Waals surface area contributed by atoms with Gasteiger partial charge in [-0.1, -0.05) is 28.1 Å². The number of ether oxygens (including phenoxy) is 1. The number of esters is 1. The summed E-state index contributed by atoms with van der Waals surface area (Å²) in [5.74, 6) is -0.588. The molecule has 0 heterocycles. The van der Waals surface area contributed by atoms with Gasteiger partial charge in [0.1, 0.15) is 0 Å². The van der Waals surface area contributed by atoms with Gasteiger partial charge in [-0.05, 0) is 36.4 Å². The summed E-state index contributed by atoms with van der Waals surface area (Å²) >= 11 is 3.27. The quantitative estimate of drug-likeness (QED) is 0.840. The van der Waals surface area contributed by atoms with Crippen LogP contribution >= 0.6 is 15.9 Å². The molecule has 2 rings (SSSR count). The zero-order valence-corrected chi connectivity index (χ0v) is 13.4. The molecule has 0 atom stereocenters. The molecule has 0 aliphatic rings. The number of rotatable bonds is 4. The van der Waals surface area contributed by atoms with Gasteiger partial charge < -0.3 is 4.74 Å². The zero-order valence-electron chi connectivity index (χ0n) is 11.0. The van der Waals surface area contributed by atoms with E-state index in [1.54, 1.807) is 24.3 Å². The first-order valence-corrected chi connectivity index (χ1v) is 8.17. The SMILES string of the molecule is COC(=O)c1cccc(S(=O)(=O)Nc2cccc(Br)c2)c1. The summed E-state index contributed by atoms with van der Waals surface area (Å²) in [7, 11) is -2.53. The normalized spacial score (nSPS) is 11.0. The third kappa shape index (κ3) is 3.83. The lowest BCUT2D eigenvalue weighted by atomic mass is 10.2. The molecule has 21 heavy (non-hydrogen) atoms. The predicted molar refractivity (Wildman–Crippen MR) is 82.7 cm³/mol. The van der Waals surface area contributed by atoms with Crippen LogP contribution in [0.1, 0.15) is 10.4 Å². The Hall–Kier alpha value is -1.86. The van der Waals surface area contributed by atoms with E-state index in [2.05, 4.69) is 25.4 Å². The van der Waals surface area contributed by atoms with Crippen LogP contribution in [0.4, 0.5) is 5.69 Å². The van der Waals surface area contributed by atoms with E-state index in [0.717, 1.165) is 4.47 Å². The van der Waals surface area contributed by atoms with Gasteiger partial charge in [0.15, 0.2) is 0 Å². The Labute approximate surface area is 131 Å². The third-order valence-corrected chi connectivity index (χ3v) is 4.51. The average Bonchev–Trinajstić information content (AvgIpc) is 2.46. The maximum atomic E-state index is 12.3. The van der Waals surface area contributed by atoms with E-state index in [4.69, 9.17) is 0 Å². The summed E-state index contributed by atoms with van der Waals surface area (Å²) in [4.78, 5) is 11.4. The molecule has 1 N–H and O–H groups in total. The molecule has 0 amide bonds. The number of nitrogens with one attached hydrogen (secondary N) is 1. The fraction of sp³-hybridized carbons (Fsp3) is 0.0714. The summed E-state index contributed by atoms with van der Waals surface area (Å²) in [5.41, 5.74) is 0.600. The molecule has 0 aromatic heterocycles. The number of benzene rings is 2. The van der Waals surface area contributed by atoms with E-state index in [-0.39, 0.29) is 10.5 Å². The summed E-state index contributed by atoms with van der Waals surface area (Å²) in [6.45, 7) is 0. The van der Waals surface area contributed by atoms with Crippen molar-refractivity contribution in [1.82, 2.24) is 0 Å². The molecule has 0 aliphatic carbocycles. The van der Waals surface area contributed by atoms with Crippen molar-refractivity contribution in [2.45, 2.75) is 4.90 Å². The highest BCUT2D eigenvalue weighted by Crippen LogP contribution is 2.20. The van der Waals surface area contributed by atoms with E-state index < -0.39 is 16.0 Å². The first-order valence-electron chi connectivity index (χ1n) is 5.89. The molecule has 0 saturated carbocycles. The van der Waals surface area contributed by atoms with E-state index >= 15 is 0 Å². The van der Waals surface area contributed by atoms with Crippen LogP contribution in [-0.4, -0.2) is 21.5 Å². The Morgan fingerprint density at radius 1 is 1.14 bits per heavy atom. The van der Waals surface area contributed by atoms with Crippen LogP contribution in [0.2, 0.25) is 0 Å². The van der Waals surface area contributed by atoms with Crippen molar-refractivity contribution < 1.29 is 17.9 Å². The van der Waals surface area contributed by atoms with Crippen LogP contribution < -0.4 is 4.72 Å². The van der Waals surface area contributed by atoms with Gasteiger partial charge in [-0.25, -0.2) is 13.2 Å². The van der Waals surface area contributed by atoms with Gasteiger partial charge in [-0.2, -0.15) is 0 Å². The number of hydrogen-bond acceptors (Lipinski definition) is 4. The molecule has 0 bridgehead atoms. The largest absolute Gasteiger partial charge is 0.465 e. The van der Waals surface area contributed by atoms with E-state index in [0.29, 0.717) is 5.69 Å². The van der Waals surface area contributed by atoms with Crippen LogP contribution in [-0.2, 0) is 14.8 Å². The smallest absolute Gasteiger partial charge is 0.337 e. The monoisotopic (exact) mass is 369 g/mol. The fourth-order valence-electron chi connectivity index (χ4n) is 1.67. The van der Waals surface area contributed by atoms with Gasteiger partial charge >= 0.3 is 5.97 Å². The topological polar surface area (TPSA) is 72.5 Å². The minimum absolute atomic E-state index is 0.00891. The molecule has 0 unspecified atom stereocenters. The van der Waals surface area contributed by atoms with Gasteiger partial charge in [0, 0.05) is 10.2 Å². The maximum absolute atomic E-state index is 12.3. The van der Waals surface area contributed by atoms with Crippen LogP contribution in [0.5, 0.6) is 0 Å². The molecule has 0 aliphatic heterocycles. The minimum Gasteiger partial charge on any atom is -0.465 e. The van der Waals surface area contributed by atoms with Gasteiger partial charge in [-0.15, -0.1) is 0 Å². The Bertz CT molecular complexity index is 774. The molecule has 110 valence electrons. The maximum Gasteiger partial charge on any atom is 0.337 e. The van der Waals surface area contributed by atoms with Crippen molar-refractivity contribution in [2.75, 3.05) is 11.8 Å². The van der Waals surface area contributed by atoms with E-state index in [1.165, 1.54) is 31.4 Å². The molecule has 0 saturated heterocycles. The van der Waals surface area contributed by atoms with Crippen molar-refractivity contribution in [2.24, 2.45) is 0 Å². The Morgan fingerprint density at radius 3 is 2.52 bits per heavy atom. The Kier molecular flexibility index (Phi) is 4.64. The van der Waals surface area contributed by atoms with Crippen molar-refractivity contribution in [1.29, 1.82) is 0 Å². The number of halogens is 1. The second-order valence-corrected chi connectivity index (χ2v) is 6.73. The molecule has 2 aromatic carbocycles. The van der Waals surface area contributed by atoms with Crippen LogP contribution in [0, 0.1) is 0 Å². The van der Waals surface area contributed by atoms with Crippen molar-refractivity contribution in [3.05, 3.63) is 58.6 Å². The lowest BCUT2D eigenvalue weighted by Gasteiger charge is -2.09. The van der Waals surface area contributed by atoms with Crippen LogP contribution in [0.25, 0.3) is 0 Å². The molecule has 0 fully saturated rings. The standard InChI is InChI=1S/C14H12BrNO4S/c1-20-14(17)10-4-2-7-13(8-10)21(18,19)16-12-6-3-5-11(15)9-12/h2-9,16H,1H3. The number of carbonyl (C=O) groups excluding carboxylic acids is 1. The van der Waals surface area contributed by atoms with Crippen LogP contribution in [0.3, 0.4) is 0 Å². The van der Waals surface area contributed by atoms with Gasteiger partial charge in [-0.3, -0.25) is 4.72 Å². The fourth-order valence-corrected chi connectivity index (χ4v) is 3.17. The highest BCUT2D eigenvalue weighted by Gasteiger charge is 2.16. The first kappa shape index (κ1) is 15.5. The summed E-state index contributed by atoms with van der Waals surface area (Å²) in [5, 5.41) is 0. The lowest BCUT2D eigenvalue weighted by molar-refractivity contribution is 0.0600. The van der Waals surface area contributed by atoms with Crippen molar-refractivity contribution in [3.63, 3.8) is 0 Å². The van der Waals surface area contributed by atoms with Crippen LogP contribution in [0.15, 0.2) is 57.9 Å². The third-order valence-electron chi connectivity index (χ3n) is 2.64. The molecular weight excluding hydrogens is 358 g/mol. The average molecular weight is 370 g/mol. The van der Waals surface area contributed by atoms with Gasteiger partial charge in [0.25, 0.3) is 10.0 Å². The molecule has 0 radical (unpaired) electrons. The van der Waals surface area contributed by atoms with Gasteiger partial charge in [0.2, 0.25) is 0 Å². The number of methoxy groups -OCH3 is 1. The number of hydrogen-bond donors (Lipinski definition) is 1. The van der Waals surface area contributed by atoms with Gasteiger partial charge in [0.05, 0.1) is 17.6 Å². The second-order valence-electron chi connectivity index (χ2n) is 4.14. The number of sulfonamides is 1. The molecule has 5 nitrogen and oxygen atoms in total. The molecule has 0 spiro atoms.